The third-order valence-electron chi connectivity index (χ3n) is 4.19. The molecule has 3 rings (SSSR count). The Morgan fingerprint density at radius 3 is 2.46 bits per heavy atom. The molecule has 26 heavy (non-hydrogen) atoms. The Bertz CT molecular complexity index is 807. The second kappa shape index (κ2) is 8.19. The van der Waals surface area contributed by atoms with Gasteiger partial charge < -0.3 is 14.5 Å². The highest BCUT2D eigenvalue weighted by atomic mass is 35.5. The molecule has 0 N–H and O–H groups in total. The minimum absolute atomic E-state index is 0.0866. The number of piperazine rings is 1. The van der Waals surface area contributed by atoms with Crippen molar-refractivity contribution in [2.45, 2.75) is 0 Å². The molecular formula is C19H18ClFN2O3. The van der Waals surface area contributed by atoms with Gasteiger partial charge in [-0.15, -0.1) is 0 Å². The Kier molecular flexibility index (Phi) is 5.73. The van der Waals surface area contributed by atoms with Gasteiger partial charge in [-0.25, -0.2) is 9.18 Å². The van der Waals surface area contributed by atoms with Gasteiger partial charge in [0, 0.05) is 36.9 Å². The molecule has 5 nitrogen and oxygen atoms in total. The number of benzene rings is 2. The molecule has 0 aromatic heterocycles. The average Bonchev–Trinajstić information content (AvgIpc) is 2.66. The lowest BCUT2D eigenvalue weighted by atomic mass is 10.2. The number of carbonyl (C=O) groups excluding carboxylic acids is 2. The number of ether oxygens (including phenoxy) is 1. The SMILES string of the molecule is O=C(OCC(=O)N1CCN(c2cccc(Cl)c2)CC1)c1cccc(F)c1. The van der Waals surface area contributed by atoms with Crippen molar-refractivity contribution in [1.29, 1.82) is 0 Å². The zero-order valence-electron chi connectivity index (χ0n) is 14.0. The Labute approximate surface area is 155 Å². The van der Waals surface area contributed by atoms with Crippen LogP contribution in [-0.4, -0.2) is 49.6 Å². The highest BCUT2D eigenvalue weighted by Gasteiger charge is 2.22. The van der Waals surface area contributed by atoms with Crippen molar-refractivity contribution in [3.8, 4) is 0 Å². The van der Waals surface area contributed by atoms with Crippen LogP contribution in [0.4, 0.5) is 10.1 Å². The first-order chi connectivity index (χ1) is 12.5. The summed E-state index contributed by atoms with van der Waals surface area (Å²) in [5, 5.41) is 0.672. The van der Waals surface area contributed by atoms with E-state index in [2.05, 4.69) is 4.90 Å². The topological polar surface area (TPSA) is 49.9 Å². The van der Waals surface area contributed by atoms with E-state index in [0.717, 1.165) is 11.8 Å². The molecule has 1 saturated heterocycles. The van der Waals surface area contributed by atoms with Crippen molar-refractivity contribution in [3.05, 3.63) is 64.9 Å². The van der Waals surface area contributed by atoms with E-state index in [9.17, 15) is 14.0 Å². The van der Waals surface area contributed by atoms with Gasteiger partial charge in [-0.05, 0) is 36.4 Å². The van der Waals surface area contributed by atoms with Gasteiger partial charge >= 0.3 is 5.97 Å². The summed E-state index contributed by atoms with van der Waals surface area (Å²) in [6, 6.07) is 12.8. The fourth-order valence-corrected chi connectivity index (χ4v) is 2.99. The number of rotatable bonds is 4. The molecule has 2 aromatic carbocycles. The minimum Gasteiger partial charge on any atom is -0.452 e. The maximum absolute atomic E-state index is 13.1. The monoisotopic (exact) mass is 376 g/mol. The summed E-state index contributed by atoms with van der Waals surface area (Å²) >= 11 is 6.01. The van der Waals surface area contributed by atoms with E-state index in [1.807, 2.05) is 24.3 Å². The normalized spacial score (nSPS) is 14.2. The van der Waals surface area contributed by atoms with Gasteiger partial charge in [0.05, 0.1) is 5.56 Å². The van der Waals surface area contributed by atoms with Crippen LogP contribution in [0.25, 0.3) is 0 Å². The second-order valence-electron chi connectivity index (χ2n) is 5.93. The molecule has 1 aliphatic rings. The number of hydrogen-bond acceptors (Lipinski definition) is 4. The van der Waals surface area contributed by atoms with Crippen LogP contribution in [0.2, 0.25) is 5.02 Å². The van der Waals surface area contributed by atoms with Crippen molar-refractivity contribution in [2.24, 2.45) is 0 Å². The molecule has 1 heterocycles. The van der Waals surface area contributed by atoms with E-state index in [1.54, 1.807) is 4.90 Å². The fraction of sp³-hybridized carbons (Fsp3) is 0.263. The van der Waals surface area contributed by atoms with Crippen LogP contribution >= 0.6 is 11.6 Å². The quantitative estimate of drug-likeness (QED) is 0.770. The van der Waals surface area contributed by atoms with E-state index in [-0.39, 0.29) is 18.1 Å². The lowest BCUT2D eigenvalue weighted by molar-refractivity contribution is -0.134. The molecule has 0 bridgehead atoms. The van der Waals surface area contributed by atoms with Crippen LogP contribution in [0, 0.1) is 5.82 Å². The molecule has 1 amide bonds. The van der Waals surface area contributed by atoms with Gasteiger partial charge in [0.25, 0.3) is 5.91 Å². The van der Waals surface area contributed by atoms with Gasteiger partial charge in [-0.1, -0.05) is 23.7 Å². The molecule has 0 spiro atoms. The average molecular weight is 377 g/mol. The summed E-state index contributed by atoms with van der Waals surface area (Å²) in [4.78, 5) is 27.9. The van der Waals surface area contributed by atoms with Gasteiger partial charge in [0.1, 0.15) is 5.82 Å². The summed E-state index contributed by atoms with van der Waals surface area (Å²) in [5.74, 6) is -1.50. The zero-order chi connectivity index (χ0) is 18.5. The highest BCUT2D eigenvalue weighted by Crippen LogP contribution is 2.20. The predicted molar refractivity (Wildman–Crippen MR) is 96.9 cm³/mol. The predicted octanol–water partition coefficient (Wildman–Crippen LogP) is 2.98. The Morgan fingerprint density at radius 1 is 1.04 bits per heavy atom. The lowest BCUT2D eigenvalue weighted by Crippen LogP contribution is -2.49. The summed E-state index contributed by atoms with van der Waals surface area (Å²) in [5.41, 5.74) is 1.10. The first kappa shape index (κ1) is 18.2. The van der Waals surface area contributed by atoms with Crippen molar-refractivity contribution < 1.29 is 18.7 Å². The summed E-state index contributed by atoms with van der Waals surface area (Å²) in [7, 11) is 0. The molecule has 0 unspecified atom stereocenters. The number of esters is 1. The molecule has 0 aliphatic carbocycles. The van der Waals surface area contributed by atoms with Gasteiger partial charge in [-0.2, -0.15) is 0 Å². The smallest absolute Gasteiger partial charge is 0.338 e. The molecule has 0 radical (unpaired) electrons. The van der Waals surface area contributed by atoms with Crippen LogP contribution in [0.3, 0.4) is 0 Å². The summed E-state index contributed by atoms with van der Waals surface area (Å²) in [6.45, 7) is 2.05. The van der Waals surface area contributed by atoms with Crippen molar-refractivity contribution in [3.63, 3.8) is 0 Å². The standard InChI is InChI=1S/C19H18ClFN2O3/c20-15-4-2-6-17(12-15)22-7-9-23(10-8-22)18(24)13-26-19(25)14-3-1-5-16(21)11-14/h1-6,11-12H,7-10,13H2. The number of nitrogens with zero attached hydrogens (tertiary/aromatic N) is 2. The minimum atomic E-state index is -0.713. The molecular weight excluding hydrogens is 359 g/mol. The molecule has 1 aliphatic heterocycles. The molecule has 7 heteroatoms. The molecule has 0 atom stereocenters. The molecule has 0 saturated carbocycles. The number of carbonyl (C=O) groups is 2. The zero-order valence-corrected chi connectivity index (χ0v) is 14.8. The van der Waals surface area contributed by atoms with Crippen LogP contribution in [0.15, 0.2) is 48.5 Å². The van der Waals surface area contributed by atoms with E-state index < -0.39 is 11.8 Å². The van der Waals surface area contributed by atoms with Gasteiger partial charge in [0.2, 0.25) is 0 Å². The maximum Gasteiger partial charge on any atom is 0.338 e. The highest BCUT2D eigenvalue weighted by molar-refractivity contribution is 6.30. The van der Waals surface area contributed by atoms with E-state index in [1.165, 1.54) is 18.2 Å². The first-order valence-electron chi connectivity index (χ1n) is 8.24. The van der Waals surface area contributed by atoms with Crippen LogP contribution in [0.1, 0.15) is 10.4 Å². The third kappa shape index (κ3) is 4.52. The Morgan fingerprint density at radius 2 is 1.77 bits per heavy atom. The van der Waals surface area contributed by atoms with Gasteiger partial charge in [-0.3, -0.25) is 4.79 Å². The Balaban J connectivity index is 1.48. The van der Waals surface area contributed by atoms with Crippen molar-refractivity contribution in [2.75, 3.05) is 37.7 Å². The van der Waals surface area contributed by atoms with Crippen molar-refractivity contribution >= 4 is 29.2 Å². The number of anilines is 1. The first-order valence-corrected chi connectivity index (χ1v) is 8.62. The fourth-order valence-electron chi connectivity index (χ4n) is 2.80. The summed E-state index contributed by atoms with van der Waals surface area (Å²) in [6.07, 6.45) is 0. The maximum atomic E-state index is 13.1. The van der Waals surface area contributed by atoms with E-state index in [0.29, 0.717) is 31.2 Å². The third-order valence-corrected chi connectivity index (χ3v) is 4.43. The van der Waals surface area contributed by atoms with E-state index in [4.69, 9.17) is 16.3 Å². The second-order valence-corrected chi connectivity index (χ2v) is 6.37. The summed E-state index contributed by atoms with van der Waals surface area (Å²) < 4.78 is 18.1. The number of amides is 1. The number of halogens is 2. The van der Waals surface area contributed by atoms with Crippen LogP contribution < -0.4 is 4.90 Å². The van der Waals surface area contributed by atoms with Crippen LogP contribution in [0.5, 0.6) is 0 Å². The van der Waals surface area contributed by atoms with E-state index >= 15 is 0 Å². The number of hydrogen-bond donors (Lipinski definition) is 0. The lowest BCUT2D eigenvalue weighted by Gasteiger charge is -2.36. The molecule has 2 aromatic rings. The largest absolute Gasteiger partial charge is 0.452 e. The van der Waals surface area contributed by atoms with Crippen LogP contribution in [-0.2, 0) is 9.53 Å². The molecule has 136 valence electrons. The van der Waals surface area contributed by atoms with Gasteiger partial charge in [0.15, 0.2) is 6.61 Å². The van der Waals surface area contributed by atoms with Crippen molar-refractivity contribution in [1.82, 2.24) is 4.90 Å². The molecule has 1 fully saturated rings. The Hall–Kier alpha value is -2.60.